The van der Waals surface area contributed by atoms with E-state index in [4.69, 9.17) is 9.47 Å². The molecule has 0 amide bonds. The first-order valence-corrected chi connectivity index (χ1v) is 8.78. The van der Waals surface area contributed by atoms with Crippen molar-refractivity contribution in [2.75, 3.05) is 34.4 Å². The van der Waals surface area contributed by atoms with Crippen LogP contribution in [-0.4, -0.2) is 50.3 Å². The van der Waals surface area contributed by atoms with Crippen LogP contribution in [0.15, 0.2) is 12.1 Å². The minimum Gasteiger partial charge on any atom is -0.493 e. The molecule has 0 aromatic heterocycles. The van der Waals surface area contributed by atoms with Crippen LogP contribution < -0.4 is 9.47 Å². The number of ether oxygens (including phenoxy) is 2. The molecule has 2 saturated heterocycles. The van der Waals surface area contributed by atoms with Gasteiger partial charge in [0, 0.05) is 12.6 Å². The van der Waals surface area contributed by atoms with Crippen molar-refractivity contribution >= 4 is 0 Å². The van der Waals surface area contributed by atoms with Gasteiger partial charge in [0.25, 0.3) is 0 Å². The minimum atomic E-state index is 0.458. The lowest BCUT2D eigenvalue weighted by Gasteiger charge is -2.53. The molecule has 2 fully saturated rings. The monoisotopic (exact) mass is 316 g/mol. The van der Waals surface area contributed by atoms with E-state index in [9.17, 15) is 0 Å². The number of hydrogen-bond acceptors (Lipinski definition) is 4. The molecule has 1 aromatic rings. The Bertz CT molecular complexity index is 618. The Morgan fingerprint density at radius 2 is 1.83 bits per heavy atom. The van der Waals surface area contributed by atoms with Crippen molar-refractivity contribution in [2.45, 2.75) is 44.8 Å². The van der Waals surface area contributed by atoms with Crippen molar-refractivity contribution in [1.82, 2.24) is 9.80 Å². The maximum atomic E-state index is 5.56. The fourth-order valence-electron chi connectivity index (χ4n) is 5.25. The van der Waals surface area contributed by atoms with Crippen LogP contribution in [0.25, 0.3) is 0 Å². The first-order chi connectivity index (χ1) is 11.1. The van der Waals surface area contributed by atoms with E-state index in [1.807, 2.05) is 0 Å². The smallest absolute Gasteiger partial charge is 0.161 e. The molecule has 0 N–H and O–H groups in total. The number of nitrogens with zero attached hydrogens (tertiary/aromatic N) is 2. The Labute approximate surface area is 139 Å². The largest absolute Gasteiger partial charge is 0.493 e. The molecule has 0 radical (unpaired) electrons. The second kappa shape index (κ2) is 5.38. The predicted molar refractivity (Wildman–Crippen MR) is 91.1 cm³/mol. The van der Waals surface area contributed by atoms with Crippen LogP contribution in [0, 0.1) is 5.41 Å². The second-order valence-corrected chi connectivity index (χ2v) is 7.71. The number of benzene rings is 1. The first kappa shape index (κ1) is 15.3. The highest BCUT2D eigenvalue weighted by molar-refractivity contribution is 5.49. The Morgan fingerprint density at radius 3 is 2.57 bits per heavy atom. The van der Waals surface area contributed by atoms with Gasteiger partial charge in [-0.1, -0.05) is 6.92 Å². The third-order valence-corrected chi connectivity index (χ3v) is 6.42. The number of hydrogen-bond donors (Lipinski definition) is 0. The van der Waals surface area contributed by atoms with Gasteiger partial charge in [0.05, 0.1) is 20.4 Å². The lowest BCUT2D eigenvalue weighted by molar-refractivity contribution is -0.0571. The SMILES string of the molecule is COc1cc2c(cc1OC)C1CCC3(C)CCN(C)C3N1CC2. The minimum absolute atomic E-state index is 0.458. The van der Waals surface area contributed by atoms with Gasteiger partial charge in [-0.15, -0.1) is 0 Å². The van der Waals surface area contributed by atoms with E-state index < -0.39 is 0 Å². The topological polar surface area (TPSA) is 24.9 Å². The standard InChI is InChI=1S/C19H28N2O2/c1-19-7-5-15-14-12-17(23-4)16(22-3)11-13(14)6-9-21(15)18(19)20(2)10-8-19/h11-12,15,18H,5-10H2,1-4H3. The Balaban J connectivity index is 1.74. The molecule has 3 aliphatic rings. The van der Waals surface area contributed by atoms with Gasteiger partial charge in [-0.05, 0) is 68.0 Å². The summed E-state index contributed by atoms with van der Waals surface area (Å²) in [5.74, 6) is 1.72. The molecule has 126 valence electrons. The van der Waals surface area contributed by atoms with Crippen molar-refractivity contribution in [3.8, 4) is 11.5 Å². The summed E-state index contributed by atoms with van der Waals surface area (Å²) in [6.07, 6.45) is 5.59. The summed E-state index contributed by atoms with van der Waals surface area (Å²) in [7, 11) is 5.74. The Hall–Kier alpha value is -1.26. The summed E-state index contributed by atoms with van der Waals surface area (Å²) in [6, 6.07) is 4.94. The summed E-state index contributed by atoms with van der Waals surface area (Å²) in [4.78, 5) is 5.32. The molecule has 0 saturated carbocycles. The number of likely N-dealkylation sites (tertiary alicyclic amines) is 1. The van der Waals surface area contributed by atoms with Gasteiger partial charge in [-0.25, -0.2) is 0 Å². The van der Waals surface area contributed by atoms with Crippen LogP contribution in [0.3, 0.4) is 0 Å². The van der Waals surface area contributed by atoms with Crippen LogP contribution in [-0.2, 0) is 6.42 Å². The number of rotatable bonds is 2. The fraction of sp³-hybridized carbons (Fsp3) is 0.684. The average Bonchev–Trinajstić information content (AvgIpc) is 2.88. The lowest BCUT2D eigenvalue weighted by Crippen LogP contribution is -2.56. The normalized spacial score (nSPS) is 33.7. The van der Waals surface area contributed by atoms with Crippen molar-refractivity contribution in [2.24, 2.45) is 5.41 Å². The molecule has 3 atom stereocenters. The second-order valence-electron chi connectivity index (χ2n) is 7.71. The zero-order chi connectivity index (χ0) is 16.2. The van der Waals surface area contributed by atoms with Crippen molar-refractivity contribution in [3.63, 3.8) is 0 Å². The van der Waals surface area contributed by atoms with E-state index in [-0.39, 0.29) is 0 Å². The predicted octanol–water partition coefficient (Wildman–Crippen LogP) is 3.06. The molecule has 23 heavy (non-hydrogen) atoms. The van der Waals surface area contributed by atoms with E-state index in [0.717, 1.165) is 24.5 Å². The summed E-state index contributed by atoms with van der Waals surface area (Å²) in [5, 5.41) is 0. The molecule has 4 rings (SSSR count). The highest BCUT2D eigenvalue weighted by Crippen LogP contribution is 2.52. The maximum absolute atomic E-state index is 5.56. The van der Waals surface area contributed by atoms with Crippen LogP contribution in [0.1, 0.15) is 43.4 Å². The van der Waals surface area contributed by atoms with Crippen molar-refractivity contribution < 1.29 is 9.47 Å². The maximum Gasteiger partial charge on any atom is 0.161 e. The molecule has 3 aliphatic heterocycles. The zero-order valence-electron chi connectivity index (χ0n) is 14.8. The van der Waals surface area contributed by atoms with Crippen molar-refractivity contribution in [3.05, 3.63) is 23.3 Å². The van der Waals surface area contributed by atoms with Crippen molar-refractivity contribution in [1.29, 1.82) is 0 Å². The van der Waals surface area contributed by atoms with E-state index in [1.165, 1.54) is 36.9 Å². The van der Waals surface area contributed by atoms with Gasteiger partial charge in [0.15, 0.2) is 11.5 Å². The summed E-state index contributed by atoms with van der Waals surface area (Å²) < 4.78 is 11.0. The van der Waals surface area contributed by atoms with Crippen LogP contribution in [0.2, 0.25) is 0 Å². The molecular formula is C19H28N2O2. The Kier molecular flexibility index (Phi) is 3.58. The molecule has 3 heterocycles. The van der Waals surface area contributed by atoms with E-state index in [0.29, 0.717) is 17.6 Å². The number of piperidine rings is 1. The molecule has 3 unspecified atom stereocenters. The van der Waals surface area contributed by atoms with Crippen LogP contribution >= 0.6 is 0 Å². The van der Waals surface area contributed by atoms with Crippen LogP contribution in [0.5, 0.6) is 11.5 Å². The average molecular weight is 316 g/mol. The van der Waals surface area contributed by atoms with Gasteiger partial charge in [0.2, 0.25) is 0 Å². The first-order valence-electron chi connectivity index (χ1n) is 8.78. The number of fused-ring (bicyclic) bond motifs is 5. The zero-order valence-corrected chi connectivity index (χ0v) is 14.8. The van der Waals surface area contributed by atoms with Gasteiger partial charge in [-0.3, -0.25) is 9.80 Å². The molecule has 4 nitrogen and oxygen atoms in total. The van der Waals surface area contributed by atoms with Gasteiger partial charge >= 0.3 is 0 Å². The third-order valence-electron chi connectivity index (χ3n) is 6.42. The third kappa shape index (κ3) is 2.18. The molecule has 1 aromatic carbocycles. The van der Waals surface area contributed by atoms with Crippen LogP contribution in [0.4, 0.5) is 0 Å². The summed E-state index contributed by atoms with van der Waals surface area (Å²) in [5.41, 5.74) is 3.35. The summed E-state index contributed by atoms with van der Waals surface area (Å²) in [6.45, 7) is 4.86. The Morgan fingerprint density at radius 1 is 1.09 bits per heavy atom. The molecule has 0 bridgehead atoms. The molecule has 0 spiro atoms. The highest BCUT2D eigenvalue weighted by Gasteiger charge is 2.51. The van der Waals surface area contributed by atoms with E-state index >= 15 is 0 Å². The van der Waals surface area contributed by atoms with Gasteiger partial charge in [-0.2, -0.15) is 0 Å². The van der Waals surface area contributed by atoms with Gasteiger partial charge in [0.1, 0.15) is 0 Å². The van der Waals surface area contributed by atoms with Gasteiger partial charge < -0.3 is 9.47 Å². The van der Waals surface area contributed by atoms with E-state index in [1.54, 1.807) is 14.2 Å². The summed E-state index contributed by atoms with van der Waals surface area (Å²) >= 11 is 0. The highest BCUT2D eigenvalue weighted by atomic mass is 16.5. The number of methoxy groups -OCH3 is 2. The molecule has 4 heteroatoms. The fourth-order valence-corrected chi connectivity index (χ4v) is 5.25. The quantitative estimate of drug-likeness (QED) is 0.837. The van der Waals surface area contributed by atoms with E-state index in [2.05, 4.69) is 35.9 Å². The lowest BCUT2D eigenvalue weighted by atomic mass is 9.73. The molecule has 0 aliphatic carbocycles. The molecular weight excluding hydrogens is 288 g/mol.